The van der Waals surface area contributed by atoms with Gasteiger partial charge in [0.2, 0.25) is 0 Å². The topological polar surface area (TPSA) is 55.7 Å². The predicted octanol–water partition coefficient (Wildman–Crippen LogP) is 6.51. The molecule has 0 atom stereocenters. The average Bonchev–Trinajstić information content (AvgIpc) is 3.02. The maximum Gasteiger partial charge on any atom is 0.171 e. The molecule has 0 aliphatic heterocycles. The summed E-state index contributed by atoms with van der Waals surface area (Å²) in [4.78, 5) is 14.5. The molecule has 6 aromatic rings. The molecule has 1 aromatic heterocycles. The quantitative estimate of drug-likeness (QED) is 0.240. The molecular weight excluding hydrogens is 485 g/mol. The van der Waals surface area contributed by atoms with E-state index < -0.39 is 7.14 Å². The highest BCUT2D eigenvalue weighted by Gasteiger charge is 2.30. The average molecular weight is 510 g/mol. The van der Waals surface area contributed by atoms with Gasteiger partial charge in [0.1, 0.15) is 0 Å². The van der Waals surface area contributed by atoms with Crippen molar-refractivity contribution in [3.05, 3.63) is 146 Å². The van der Waals surface area contributed by atoms with Crippen LogP contribution in [0.3, 0.4) is 0 Å². The summed E-state index contributed by atoms with van der Waals surface area (Å²) in [5.41, 5.74) is 2.60. The van der Waals surface area contributed by atoms with E-state index in [9.17, 15) is 4.57 Å². The van der Waals surface area contributed by atoms with Crippen molar-refractivity contribution in [2.75, 3.05) is 0 Å². The lowest BCUT2D eigenvalue weighted by Crippen LogP contribution is -2.25. The minimum Gasteiger partial charge on any atom is -0.309 e. The summed E-state index contributed by atoms with van der Waals surface area (Å²) in [5.74, 6) is 1.72. The van der Waals surface area contributed by atoms with E-state index in [0.717, 1.165) is 32.6 Å². The van der Waals surface area contributed by atoms with E-state index in [1.54, 1.807) is 0 Å². The van der Waals surface area contributed by atoms with Crippen molar-refractivity contribution in [1.82, 2.24) is 15.0 Å². The number of aromatic nitrogens is 3. The first-order valence-electron chi connectivity index (χ1n) is 12.4. The van der Waals surface area contributed by atoms with Crippen molar-refractivity contribution in [1.29, 1.82) is 0 Å². The van der Waals surface area contributed by atoms with Crippen molar-refractivity contribution in [2.45, 2.75) is 0 Å². The van der Waals surface area contributed by atoms with Gasteiger partial charge in [0.05, 0.1) is 0 Å². The lowest BCUT2D eigenvalue weighted by Gasteiger charge is -2.20. The highest BCUT2D eigenvalue weighted by atomic mass is 31.2. The van der Waals surface area contributed by atoms with Gasteiger partial charge in [-0.2, -0.15) is 0 Å². The second kappa shape index (κ2) is 10.4. The summed E-state index contributed by atoms with van der Waals surface area (Å²) in [5, 5.41) is 2.30. The predicted molar refractivity (Wildman–Crippen MR) is 156 cm³/mol. The molecule has 0 unspecified atom stereocenters. The Labute approximate surface area is 222 Å². The number of hydrogen-bond donors (Lipinski definition) is 0. The van der Waals surface area contributed by atoms with Gasteiger partial charge >= 0.3 is 0 Å². The van der Waals surface area contributed by atoms with E-state index in [0.29, 0.717) is 17.5 Å². The van der Waals surface area contributed by atoms with Crippen LogP contribution in [-0.4, -0.2) is 15.0 Å². The number of hydrogen-bond acceptors (Lipinski definition) is 4. The SMILES string of the molecule is O=P(c1ccccc1)(c1ccccc1)c1cccc(-c2nc(-c3ccccc3)nc(-c3ccccc3)n2)c1. The molecule has 0 fully saturated rings. The molecular formula is C33H24N3OP. The van der Waals surface area contributed by atoms with Crippen molar-refractivity contribution in [2.24, 2.45) is 0 Å². The van der Waals surface area contributed by atoms with Gasteiger partial charge in [-0.25, -0.2) is 15.0 Å². The van der Waals surface area contributed by atoms with Crippen LogP contribution in [0.4, 0.5) is 0 Å². The third-order valence-corrected chi connectivity index (χ3v) is 9.46. The van der Waals surface area contributed by atoms with Crippen LogP contribution in [0.5, 0.6) is 0 Å². The fourth-order valence-corrected chi connectivity index (χ4v) is 7.20. The van der Waals surface area contributed by atoms with Crippen LogP contribution in [0.2, 0.25) is 0 Å². The number of benzene rings is 5. The van der Waals surface area contributed by atoms with E-state index in [-0.39, 0.29) is 0 Å². The zero-order chi connectivity index (χ0) is 25.8. The Kier molecular flexibility index (Phi) is 6.47. The lowest BCUT2D eigenvalue weighted by molar-refractivity contribution is 0.592. The maximum atomic E-state index is 14.9. The van der Waals surface area contributed by atoms with Gasteiger partial charge in [-0.05, 0) is 6.07 Å². The summed E-state index contributed by atoms with van der Waals surface area (Å²) in [6, 6.07) is 46.9. The molecule has 182 valence electrons. The number of nitrogens with zero attached hydrogens (tertiary/aromatic N) is 3. The molecule has 0 aliphatic rings. The third kappa shape index (κ3) is 4.58. The van der Waals surface area contributed by atoms with Crippen LogP contribution in [-0.2, 0) is 4.57 Å². The van der Waals surface area contributed by atoms with Crippen LogP contribution in [0.25, 0.3) is 34.2 Å². The minimum atomic E-state index is -3.13. The summed E-state index contributed by atoms with van der Waals surface area (Å²) in [6.07, 6.45) is 0. The van der Waals surface area contributed by atoms with Crippen molar-refractivity contribution in [3.8, 4) is 34.2 Å². The first-order chi connectivity index (χ1) is 18.7. The van der Waals surface area contributed by atoms with Gasteiger partial charge in [-0.3, -0.25) is 0 Å². The van der Waals surface area contributed by atoms with Crippen LogP contribution in [0.15, 0.2) is 146 Å². The molecule has 0 radical (unpaired) electrons. The number of rotatable bonds is 6. The standard InChI is InChI=1S/C33H24N3OP/c37-38(28-19-9-3-10-20-28,29-21-11-4-12-22-29)30-23-13-18-27(24-30)33-35-31(25-14-5-1-6-15-25)34-32(36-33)26-16-7-2-8-17-26/h1-24H. The van der Waals surface area contributed by atoms with Crippen molar-refractivity contribution in [3.63, 3.8) is 0 Å². The highest BCUT2D eigenvalue weighted by molar-refractivity contribution is 7.85. The first kappa shape index (κ1) is 23.7. The molecule has 0 saturated carbocycles. The maximum absolute atomic E-state index is 14.9. The molecule has 1 heterocycles. The summed E-state index contributed by atoms with van der Waals surface area (Å²) in [7, 11) is -3.13. The molecule has 0 spiro atoms. The Morgan fingerprint density at radius 3 is 1.16 bits per heavy atom. The van der Waals surface area contributed by atoms with Gasteiger partial charge in [0, 0.05) is 32.6 Å². The molecule has 6 rings (SSSR count). The van der Waals surface area contributed by atoms with Gasteiger partial charge in [0.15, 0.2) is 24.6 Å². The summed E-state index contributed by atoms with van der Waals surface area (Å²) in [6.45, 7) is 0. The van der Waals surface area contributed by atoms with Crippen LogP contribution < -0.4 is 15.9 Å². The molecule has 5 heteroatoms. The second-order valence-electron chi connectivity index (χ2n) is 8.87. The van der Waals surface area contributed by atoms with E-state index in [1.165, 1.54) is 0 Å². The van der Waals surface area contributed by atoms with Gasteiger partial charge in [-0.1, -0.05) is 140 Å². The Morgan fingerprint density at radius 1 is 0.368 bits per heavy atom. The van der Waals surface area contributed by atoms with Gasteiger partial charge in [0.25, 0.3) is 0 Å². The van der Waals surface area contributed by atoms with E-state index in [4.69, 9.17) is 15.0 Å². The Hall–Kier alpha value is -4.66. The molecule has 5 aromatic carbocycles. The van der Waals surface area contributed by atoms with Crippen LogP contribution >= 0.6 is 7.14 Å². The molecule has 0 amide bonds. The third-order valence-electron chi connectivity index (χ3n) is 6.41. The second-order valence-corrected chi connectivity index (χ2v) is 11.6. The first-order valence-corrected chi connectivity index (χ1v) is 14.1. The van der Waals surface area contributed by atoms with E-state index in [1.807, 2.05) is 146 Å². The Bertz CT molecular complexity index is 1620. The Morgan fingerprint density at radius 2 is 0.711 bits per heavy atom. The van der Waals surface area contributed by atoms with Crippen molar-refractivity contribution >= 4 is 23.1 Å². The highest BCUT2D eigenvalue weighted by Crippen LogP contribution is 2.42. The van der Waals surface area contributed by atoms with Gasteiger partial charge in [-0.15, -0.1) is 0 Å². The Balaban J connectivity index is 1.54. The van der Waals surface area contributed by atoms with Crippen LogP contribution in [0.1, 0.15) is 0 Å². The smallest absolute Gasteiger partial charge is 0.171 e. The van der Waals surface area contributed by atoms with E-state index >= 15 is 0 Å². The summed E-state index contributed by atoms with van der Waals surface area (Å²) < 4.78 is 14.9. The van der Waals surface area contributed by atoms with Crippen LogP contribution in [0, 0.1) is 0 Å². The minimum absolute atomic E-state index is 0.534. The fraction of sp³-hybridized carbons (Fsp3) is 0. The van der Waals surface area contributed by atoms with Gasteiger partial charge < -0.3 is 4.57 Å². The normalized spacial score (nSPS) is 11.3. The zero-order valence-corrected chi connectivity index (χ0v) is 21.4. The largest absolute Gasteiger partial charge is 0.309 e. The molecule has 38 heavy (non-hydrogen) atoms. The fourth-order valence-electron chi connectivity index (χ4n) is 4.50. The molecule has 0 saturated heterocycles. The van der Waals surface area contributed by atoms with Crippen molar-refractivity contribution < 1.29 is 4.57 Å². The van der Waals surface area contributed by atoms with E-state index in [2.05, 4.69) is 0 Å². The summed E-state index contributed by atoms with van der Waals surface area (Å²) >= 11 is 0. The molecule has 0 N–H and O–H groups in total. The zero-order valence-electron chi connectivity index (χ0n) is 20.6. The molecule has 0 bridgehead atoms. The monoisotopic (exact) mass is 509 g/mol. The lowest BCUT2D eigenvalue weighted by atomic mass is 10.1. The molecule has 0 aliphatic carbocycles. The molecule has 4 nitrogen and oxygen atoms in total.